The molecule has 0 heteroatoms. The van der Waals surface area contributed by atoms with Crippen molar-refractivity contribution in [2.45, 2.75) is 52.4 Å². The average Bonchev–Trinajstić information content (AvgIpc) is 2.37. The average molecular weight is 192 g/mol. The fourth-order valence-electron chi connectivity index (χ4n) is 1.45. The highest BCUT2D eigenvalue weighted by molar-refractivity contribution is 4.99. The molecule has 0 amide bonds. The minimum absolute atomic E-state index is 1.50. The van der Waals surface area contributed by atoms with Gasteiger partial charge in [0.1, 0.15) is 0 Å². The number of hydrogen-bond donors (Lipinski definition) is 0. The van der Waals surface area contributed by atoms with Crippen molar-refractivity contribution in [2.75, 3.05) is 0 Å². The van der Waals surface area contributed by atoms with Gasteiger partial charge in [0, 0.05) is 0 Å². The number of hydrogen-bond acceptors (Lipinski definition) is 0. The fraction of sp³-hybridized carbons (Fsp3) is 0.571. The van der Waals surface area contributed by atoms with E-state index in [0.29, 0.717) is 0 Å². The summed E-state index contributed by atoms with van der Waals surface area (Å²) in [7, 11) is 0. The second-order valence-corrected chi connectivity index (χ2v) is 3.28. The molecule has 2 rings (SSSR count). The summed E-state index contributed by atoms with van der Waals surface area (Å²) >= 11 is 0. The van der Waals surface area contributed by atoms with Crippen LogP contribution in [0.2, 0.25) is 0 Å². The summed E-state index contributed by atoms with van der Waals surface area (Å²) < 4.78 is 0. The van der Waals surface area contributed by atoms with Crippen LogP contribution in [0.5, 0.6) is 0 Å². The van der Waals surface area contributed by atoms with E-state index in [1.807, 2.05) is 50.2 Å². The van der Waals surface area contributed by atoms with Crippen LogP contribution >= 0.6 is 0 Å². The molecule has 0 atom stereocenters. The molecular weight excluding hydrogens is 168 g/mol. The Hall–Kier alpha value is -0.780. The van der Waals surface area contributed by atoms with Gasteiger partial charge >= 0.3 is 0 Å². The highest BCUT2D eigenvalue weighted by Crippen LogP contribution is 2.15. The molecule has 0 unspecified atom stereocenters. The molecule has 0 N–H and O–H groups in total. The van der Waals surface area contributed by atoms with E-state index in [1.165, 1.54) is 38.5 Å². The predicted molar refractivity (Wildman–Crippen MR) is 65.5 cm³/mol. The van der Waals surface area contributed by atoms with Crippen molar-refractivity contribution in [3.05, 3.63) is 36.4 Å². The van der Waals surface area contributed by atoms with Crippen LogP contribution in [0.3, 0.4) is 0 Å². The molecule has 80 valence electrons. The highest BCUT2D eigenvalue weighted by Gasteiger charge is 1.95. The lowest BCUT2D eigenvalue weighted by molar-refractivity contribution is 0.504. The van der Waals surface area contributed by atoms with E-state index in [4.69, 9.17) is 0 Å². The zero-order chi connectivity index (χ0) is 10.5. The second kappa shape index (κ2) is 12.2. The minimum atomic E-state index is 1.50. The van der Waals surface area contributed by atoms with Gasteiger partial charge in [0.25, 0.3) is 0 Å². The Bertz CT molecular complexity index is 124. The van der Waals surface area contributed by atoms with Gasteiger partial charge in [-0.1, -0.05) is 88.8 Å². The lowest BCUT2D eigenvalue weighted by Gasteiger charge is -2.05. The van der Waals surface area contributed by atoms with Gasteiger partial charge in [-0.15, -0.1) is 0 Å². The first-order valence-electron chi connectivity index (χ1n) is 6.00. The Morgan fingerprint density at radius 2 is 0.571 bits per heavy atom. The van der Waals surface area contributed by atoms with E-state index in [9.17, 15) is 0 Å². The molecule has 1 aromatic carbocycles. The van der Waals surface area contributed by atoms with Gasteiger partial charge in [0.05, 0.1) is 0 Å². The molecule has 1 saturated carbocycles. The van der Waals surface area contributed by atoms with Crippen molar-refractivity contribution >= 4 is 0 Å². The normalized spacial score (nSPS) is 14.1. The molecule has 0 saturated heterocycles. The van der Waals surface area contributed by atoms with Crippen LogP contribution in [0.1, 0.15) is 52.4 Å². The molecule has 1 fully saturated rings. The van der Waals surface area contributed by atoms with Crippen LogP contribution in [0.4, 0.5) is 0 Å². The monoisotopic (exact) mass is 192 g/mol. The lowest BCUT2D eigenvalue weighted by Crippen LogP contribution is -1.85. The summed E-state index contributed by atoms with van der Waals surface area (Å²) in [5.74, 6) is 0. The van der Waals surface area contributed by atoms with Gasteiger partial charge in [-0.3, -0.25) is 0 Å². The van der Waals surface area contributed by atoms with Gasteiger partial charge in [-0.2, -0.15) is 0 Å². The molecule has 0 aromatic heterocycles. The SMILES string of the molecule is C1CCCCC1.CC.c1ccccc1. The highest BCUT2D eigenvalue weighted by atomic mass is 14.0. The third-order valence-corrected chi connectivity index (χ3v) is 2.17. The predicted octanol–water partition coefficient (Wildman–Crippen LogP) is 5.05. The largest absolute Gasteiger partial charge is 0.0683 e. The van der Waals surface area contributed by atoms with Gasteiger partial charge in [-0.05, 0) is 0 Å². The Labute approximate surface area is 89.4 Å². The van der Waals surface area contributed by atoms with E-state index < -0.39 is 0 Å². The van der Waals surface area contributed by atoms with Crippen molar-refractivity contribution < 1.29 is 0 Å². The smallest absolute Gasteiger partial charge is 0.0533 e. The van der Waals surface area contributed by atoms with Crippen molar-refractivity contribution in [2.24, 2.45) is 0 Å². The zero-order valence-corrected chi connectivity index (χ0v) is 9.71. The van der Waals surface area contributed by atoms with Crippen LogP contribution in [-0.2, 0) is 0 Å². The van der Waals surface area contributed by atoms with E-state index in [-0.39, 0.29) is 0 Å². The molecular formula is C14H24. The molecule has 14 heavy (non-hydrogen) atoms. The Balaban J connectivity index is 0.000000206. The van der Waals surface area contributed by atoms with Gasteiger partial charge in [-0.25, -0.2) is 0 Å². The molecule has 0 bridgehead atoms. The summed E-state index contributed by atoms with van der Waals surface area (Å²) in [6, 6.07) is 12.0. The van der Waals surface area contributed by atoms with E-state index in [1.54, 1.807) is 0 Å². The standard InChI is InChI=1S/C6H12.C6H6.C2H6/c2*1-2-4-6-5-3-1;1-2/h1-6H2;1-6H;1-2H3. The summed E-state index contributed by atoms with van der Waals surface area (Å²) in [5, 5.41) is 0. The molecule has 0 nitrogen and oxygen atoms in total. The number of rotatable bonds is 0. The van der Waals surface area contributed by atoms with Crippen molar-refractivity contribution in [3.63, 3.8) is 0 Å². The second-order valence-electron chi connectivity index (χ2n) is 3.28. The lowest BCUT2D eigenvalue weighted by atomic mass is 10.0. The molecule has 0 heterocycles. The van der Waals surface area contributed by atoms with Crippen LogP contribution in [0, 0.1) is 0 Å². The zero-order valence-electron chi connectivity index (χ0n) is 9.71. The van der Waals surface area contributed by atoms with E-state index >= 15 is 0 Å². The quantitative estimate of drug-likeness (QED) is 0.539. The summed E-state index contributed by atoms with van der Waals surface area (Å²) in [5.41, 5.74) is 0. The molecule has 1 aliphatic carbocycles. The maximum absolute atomic E-state index is 2.00. The molecule has 1 aromatic rings. The van der Waals surface area contributed by atoms with Gasteiger partial charge in [0.15, 0.2) is 0 Å². The van der Waals surface area contributed by atoms with Crippen molar-refractivity contribution in [1.29, 1.82) is 0 Å². The summed E-state index contributed by atoms with van der Waals surface area (Å²) in [6.07, 6.45) is 9.00. The minimum Gasteiger partial charge on any atom is -0.0683 e. The van der Waals surface area contributed by atoms with Crippen molar-refractivity contribution in [3.8, 4) is 0 Å². The maximum Gasteiger partial charge on any atom is -0.0533 e. The first kappa shape index (κ1) is 13.2. The molecule has 0 aliphatic heterocycles. The Morgan fingerprint density at radius 1 is 0.429 bits per heavy atom. The first-order valence-corrected chi connectivity index (χ1v) is 6.00. The fourth-order valence-corrected chi connectivity index (χ4v) is 1.45. The molecule has 1 aliphatic rings. The van der Waals surface area contributed by atoms with Crippen LogP contribution < -0.4 is 0 Å². The summed E-state index contributed by atoms with van der Waals surface area (Å²) in [6.45, 7) is 4.00. The maximum atomic E-state index is 2.00. The Morgan fingerprint density at radius 3 is 0.714 bits per heavy atom. The first-order chi connectivity index (χ1) is 7.00. The number of benzene rings is 1. The molecule has 0 radical (unpaired) electrons. The Kier molecular flexibility index (Phi) is 11.5. The van der Waals surface area contributed by atoms with Gasteiger partial charge < -0.3 is 0 Å². The van der Waals surface area contributed by atoms with Crippen LogP contribution in [0.15, 0.2) is 36.4 Å². The van der Waals surface area contributed by atoms with Gasteiger partial charge in [0.2, 0.25) is 0 Å². The van der Waals surface area contributed by atoms with Crippen LogP contribution in [0.25, 0.3) is 0 Å². The van der Waals surface area contributed by atoms with E-state index in [0.717, 1.165) is 0 Å². The third-order valence-electron chi connectivity index (χ3n) is 2.17. The van der Waals surface area contributed by atoms with Crippen LogP contribution in [-0.4, -0.2) is 0 Å². The topological polar surface area (TPSA) is 0 Å². The third kappa shape index (κ3) is 9.31. The van der Waals surface area contributed by atoms with Crippen molar-refractivity contribution in [1.82, 2.24) is 0 Å². The summed E-state index contributed by atoms with van der Waals surface area (Å²) in [4.78, 5) is 0. The molecule has 0 spiro atoms. The van der Waals surface area contributed by atoms with E-state index in [2.05, 4.69) is 0 Å².